The van der Waals surface area contributed by atoms with E-state index < -0.39 is 5.60 Å². The molecule has 1 heterocycles. The van der Waals surface area contributed by atoms with Crippen molar-refractivity contribution in [2.45, 2.75) is 52.3 Å². The number of halogens is 1. The van der Waals surface area contributed by atoms with Crippen LogP contribution in [0.15, 0.2) is 29.3 Å². The van der Waals surface area contributed by atoms with Gasteiger partial charge in [-0.2, -0.15) is 0 Å². The van der Waals surface area contributed by atoms with Gasteiger partial charge in [0.2, 0.25) is 0 Å². The van der Waals surface area contributed by atoms with E-state index in [1.54, 1.807) is 0 Å². The third-order valence-electron chi connectivity index (χ3n) is 4.66. The number of nitrogens with one attached hydrogen (secondary N) is 2. The Kier molecular flexibility index (Phi) is 12.1. The predicted octanol–water partition coefficient (Wildman–Crippen LogP) is 3.31. The molecule has 0 spiro atoms. The van der Waals surface area contributed by atoms with Crippen LogP contribution in [0.4, 0.5) is 4.79 Å². The van der Waals surface area contributed by atoms with Crippen molar-refractivity contribution in [2.24, 2.45) is 4.99 Å². The highest BCUT2D eigenvalue weighted by Crippen LogP contribution is 2.16. The fourth-order valence-corrected chi connectivity index (χ4v) is 3.22. The molecule has 0 aromatic heterocycles. The maximum atomic E-state index is 12.1. The molecule has 0 saturated carbocycles. The predicted molar refractivity (Wildman–Crippen MR) is 140 cm³/mol. The smallest absolute Gasteiger partial charge is 0.407 e. The highest BCUT2D eigenvalue weighted by atomic mass is 127. The molecule has 9 heteroatoms. The summed E-state index contributed by atoms with van der Waals surface area (Å²) in [5, 5.41) is 6.33. The third-order valence-corrected chi connectivity index (χ3v) is 4.66. The van der Waals surface area contributed by atoms with Crippen LogP contribution in [0.3, 0.4) is 0 Å². The molecule has 0 bridgehead atoms. The summed E-state index contributed by atoms with van der Waals surface area (Å²) in [7, 11) is 4.06. The first kappa shape index (κ1) is 28.3. The minimum Gasteiger partial charge on any atom is -0.492 e. The largest absolute Gasteiger partial charge is 0.492 e. The van der Waals surface area contributed by atoms with Crippen molar-refractivity contribution >= 4 is 36.0 Å². The molecule has 1 aliphatic rings. The van der Waals surface area contributed by atoms with Gasteiger partial charge in [0.15, 0.2) is 5.96 Å². The Morgan fingerprint density at radius 3 is 2.72 bits per heavy atom. The van der Waals surface area contributed by atoms with Crippen LogP contribution in [-0.2, 0) is 11.3 Å². The number of carbonyl (C=O) groups is 1. The normalized spacial score (nSPS) is 16.5. The monoisotopic (exact) mass is 561 g/mol. The molecule has 1 unspecified atom stereocenters. The number of hydrogen-bond acceptors (Lipinski definition) is 5. The Morgan fingerprint density at radius 1 is 1.31 bits per heavy atom. The second-order valence-electron chi connectivity index (χ2n) is 9.05. The minimum atomic E-state index is -0.497. The molecule has 32 heavy (non-hydrogen) atoms. The third kappa shape index (κ3) is 10.7. The summed E-state index contributed by atoms with van der Waals surface area (Å²) in [6, 6.07) is 8.12. The van der Waals surface area contributed by atoms with E-state index >= 15 is 0 Å². The van der Waals surface area contributed by atoms with E-state index in [0.29, 0.717) is 19.7 Å². The van der Waals surface area contributed by atoms with Gasteiger partial charge in [-0.05, 0) is 65.9 Å². The maximum absolute atomic E-state index is 12.1. The van der Waals surface area contributed by atoms with Gasteiger partial charge in [-0.25, -0.2) is 9.79 Å². The Hall–Kier alpha value is -1.75. The molecule has 1 aliphatic heterocycles. The molecule has 0 aliphatic carbocycles. The van der Waals surface area contributed by atoms with Crippen LogP contribution in [0.1, 0.15) is 39.7 Å². The standard InChI is InChI=1S/C23H39N5O3.HI/c1-7-24-21(28-12-11-19(17-28)26-22(29)31-23(2,3)4)25-16-18-9-8-10-20(15-18)30-14-13-27(5)6;/h8-10,15,19H,7,11-14,16-17H2,1-6H3,(H,24,25)(H,26,29);1H. The number of likely N-dealkylation sites (tertiary alicyclic amines) is 1. The Labute approximate surface area is 210 Å². The van der Waals surface area contributed by atoms with Gasteiger partial charge in [0, 0.05) is 26.2 Å². The van der Waals surface area contributed by atoms with Crippen molar-refractivity contribution in [3.05, 3.63) is 29.8 Å². The van der Waals surface area contributed by atoms with Crippen molar-refractivity contribution in [1.29, 1.82) is 0 Å². The van der Waals surface area contributed by atoms with Crippen LogP contribution in [-0.4, -0.2) is 80.4 Å². The number of aliphatic imine (C=N–C) groups is 1. The lowest BCUT2D eigenvalue weighted by atomic mass is 10.2. The first-order valence-corrected chi connectivity index (χ1v) is 11.1. The van der Waals surface area contributed by atoms with E-state index in [0.717, 1.165) is 43.3 Å². The number of hydrogen-bond donors (Lipinski definition) is 2. The molecule has 182 valence electrons. The minimum absolute atomic E-state index is 0. The SMILES string of the molecule is CCNC(=NCc1cccc(OCCN(C)C)c1)N1CCC(NC(=O)OC(C)(C)C)C1.I. The number of ether oxygens (including phenoxy) is 2. The Balaban J connectivity index is 0.00000512. The fourth-order valence-electron chi connectivity index (χ4n) is 3.22. The molecule has 2 rings (SSSR count). The van der Waals surface area contributed by atoms with Crippen molar-refractivity contribution in [3.63, 3.8) is 0 Å². The van der Waals surface area contributed by atoms with Gasteiger partial charge in [0.1, 0.15) is 18.0 Å². The van der Waals surface area contributed by atoms with Gasteiger partial charge in [0.05, 0.1) is 12.6 Å². The van der Waals surface area contributed by atoms with Gasteiger partial charge in [-0.3, -0.25) is 0 Å². The number of carbonyl (C=O) groups excluding carboxylic acids is 1. The van der Waals surface area contributed by atoms with Gasteiger partial charge in [0.25, 0.3) is 0 Å². The zero-order valence-electron chi connectivity index (χ0n) is 20.3. The lowest BCUT2D eigenvalue weighted by Crippen LogP contribution is -2.44. The number of rotatable bonds is 8. The van der Waals surface area contributed by atoms with E-state index in [4.69, 9.17) is 14.5 Å². The molecule has 0 radical (unpaired) electrons. The number of amides is 1. The molecule has 2 N–H and O–H groups in total. The molecule has 1 fully saturated rings. The summed E-state index contributed by atoms with van der Waals surface area (Å²) in [6.07, 6.45) is 0.492. The number of alkyl carbamates (subject to hydrolysis) is 1. The average molecular weight is 562 g/mol. The van der Waals surface area contributed by atoms with E-state index in [2.05, 4.69) is 33.4 Å². The Morgan fingerprint density at radius 2 is 2.06 bits per heavy atom. The number of guanidine groups is 1. The topological polar surface area (TPSA) is 78.4 Å². The maximum Gasteiger partial charge on any atom is 0.407 e. The first-order chi connectivity index (χ1) is 14.7. The molecular weight excluding hydrogens is 521 g/mol. The van der Waals surface area contributed by atoms with E-state index in [-0.39, 0.29) is 36.1 Å². The first-order valence-electron chi connectivity index (χ1n) is 11.1. The fraction of sp³-hybridized carbons (Fsp3) is 0.652. The van der Waals surface area contributed by atoms with E-state index in [9.17, 15) is 4.79 Å². The lowest BCUT2D eigenvalue weighted by Gasteiger charge is -2.23. The molecule has 1 atom stereocenters. The van der Waals surface area contributed by atoms with E-state index in [1.807, 2.05) is 53.1 Å². The highest BCUT2D eigenvalue weighted by molar-refractivity contribution is 14.0. The highest BCUT2D eigenvalue weighted by Gasteiger charge is 2.27. The zero-order valence-corrected chi connectivity index (χ0v) is 22.6. The van der Waals surface area contributed by atoms with Crippen LogP contribution < -0.4 is 15.4 Å². The van der Waals surface area contributed by atoms with Crippen LogP contribution >= 0.6 is 24.0 Å². The summed E-state index contributed by atoms with van der Waals surface area (Å²) < 4.78 is 11.2. The second-order valence-corrected chi connectivity index (χ2v) is 9.05. The van der Waals surface area contributed by atoms with Gasteiger partial charge < -0.3 is 29.9 Å². The summed E-state index contributed by atoms with van der Waals surface area (Å²) in [6.45, 7) is 12.1. The van der Waals surface area contributed by atoms with Gasteiger partial charge in [-0.15, -0.1) is 24.0 Å². The van der Waals surface area contributed by atoms with Crippen LogP contribution in [0.25, 0.3) is 0 Å². The molecule has 1 aromatic carbocycles. The number of likely N-dealkylation sites (N-methyl/N-ethyl adjacent to an activating group) is 1. The van der Waals surface area contributed by atoms with Crippen molar-refractivity contribution < 1.29 is 14.3 Å². The van der Waals surface area contributed by atoms with Crippen molar-refractivity contribution in [2.75, 3.05) is 46.9 Å². The van der Waals surface area contributed by atoms with E-state index in [1.165, 1.54) is 0 Å². The molecule has 1 aromatic rings. The van der Waals surface area contributed by atoms with Gasteiger partial charge in [-0.1, -0.05) is 12.1 Å². The zero-order chi connectivity index (χ0) is 22.9. The average Bonchev–Trinajstić information content (AvgIpc) is 3.11. The van der Waals surface area contributed by atoms with Crippen LogP contribution in [0.5, 0.6) is 5.75 Å². The quantitative estimate of drug-likeness (QED) is 0.288. The Bertz CT molecular complexity index is 737. The number of benzene rings is 1. The van der Waals surface area contributed by atoms with Crippen molar-refractivity contribution in [3.8, 4) is 5.75 Å². The van der Waals surface area contributed by atoms with Crippen LogP contribution in [0.2, 0.25) is 0 Å². The lowest BCUT2D eigenvalue weighted by molar-refractivity contribution is 0.0507. The molecule has 8 nitrogen and oxygen atoms in total. The summed E-state index contributed by atoms with van der Waals surface area (Å²) >= 11 is 0. The summed E-state index contributed by atoms with van der Waals surface area (Å²) in [4.78, 5) is 21.2. The number of nitrogens with zero attached hydrogens (tertiary/aromatic N) is 3. The second kappa shape index (κ2) is 13.7. The summed E-state index contributed by atoms with van der Waals surface area (Å²) in [5.41, 5.74) is 0.601. The molecule has 1 saturated heterocycles. The molecular formula is C23H40IN5O3. The van der Waals surface area contributed by atoms with Crippen LogP contribution in [0, 0.1) is 0 Å². The summed E-state index contributed by atoms with van der Waals surface area (Å²) in [5.74, 6) is 1.72. The van der Waals surface area contributed by atoms with Crippen molar-refractivity contribution in [1.82, 2.24) is 20.4 Å². The molecule has 1 amide bonds. The van der Waals surface area contributed by atoms with Gasteiger partial charge >= 0.3 is 6.09 Å².